The van der Waals surface area contributed by atoms with Crippen molar-refractivity contribution in [3.8, 4) is 0 Å². The van der Waals surface area contributed by atoms with E-state index in [4.69, 9.17) is 33.9 Å². The highest BCUT2D eigenvalue weighted by Gasteiger charge is 2.23. The van der Waals surface area contributed by atoms with Gasteiger partial charge in [0.15, 0.2) is 5.84 Å². The number of aliphatic imine (C=N–C) groups is 1. The molecule has 1 unspecified atom stereocenters. The predicted molar refractivity (Wildman–Crippen MR) is 177 cm³/mol. The van der Waals surface area contributed by atoms with Crippen LogP contribution in [0.1, 0.15) is 77.5 Å². The van der Waals surface area contributed by atoms with E-state index in [2.05, 4.69) is 17.4 Å². The van der Waals surface area contributed by atoms with Gasteiger partial charge in [0.2, 0.25) is 0 Å². The lowest BCUT2D eigenvalue weighted by atomic mass is 9.84. The van der Waals surface area contributed by atoms with Gasteiger partial charge in [-0.25, -0.2) is 0 Å². The van der Waals surface area contributed by atoms with Gasteiger partial charge in [-0.15, -0.1) is 0 Å². The molecule has 1 aliphatic rings. The number of nitrogens with one attached hydrogen (secondary N) is 1. The van der Waals surface area contributed by atoms with Gasteiger partial charge >= 0.3 is 5.97 Å². The van der Waals surface area contributed by atoms with Crippen molar-refractivity contribution < 1.29 is 19.6 Å². The number of amidine groups is 1. The first-order valence-electron chi connectivity index (χ1n) is 14.6. The Bertz CT molecular complexity index is 1470. The number of carbonyl (C=O) groups is 2. The highest BCUT2D eigenvalue weighted by atomic mass is 35.5. The first-order chi connectivity index (χ1) is 21.2. The molecule has 0 aromatic heterocycles. The van der Waals surface area contributed by atoms with Crippen LogP contribution in [0.2, 0.25) is 5.02 Å². The normalized spacial score (nSPS) is 14.4. The van der Waals surface area contributed by atoms with Gasteiger partial charge in [-0.3, -0.25) is 24.7 Å². The van der Waals surface area contributed by atoms with Gasteiger partial charge in [0.25, 0.3) is 12.5 Å². The van der Waals surface area contributed by atoms with Crippen molar-refractivity contribution in [3.63, 3.8) is 0 Å². The number of carbonyl (C=O) groups excluding carboxylic acids is 1. The van der Waals surface area contributed by atoms with Crippen molar-refractivity contribution in [1.82, 2.24) is 5.32 Å². The molecule has 230 valence electrons. The molecule has 1 saturated carbocycles. The van der Waals surface area contributed by atoms with Crippen LogP contribution < -0.4 is 10.2 Å². The first kappa shape index (κ1) is 32.8. The molecule has 0 saturated heterocycles. The maximum Gasteiger partial charge on any atom is 0.305 e. The van der Waals surface area contributed by atoms with E-state index in [9.17, 15) is 19.7 Å². The number of hydrogen-bond donors (Lipinski definition) is 2. The van der Waals surface area contributed by atoms with Crippen LogP contribution in [0.15, 0.2) is 77.8 Å². The van der Waals surface area contributed by atoms with Crippen LogP contribution in [-0.2, 0) is 11.3 Å². The summed E-state index contributed by atoms with van der Waals surface area (Å²) in [5.41, 5.74) is 3.95. The van der Waals surface area contributed by atoms with Crippen molar-refractivity contribution >= 4 is 52.6 Å². The summed E-state index contributed by atoms with van der Waals surface area (Å²) in [5, 5.41) is 25.4. The number of thiocarbonyl (C=S) groups is 1. The average Bonchev–Trinajstić information content (AvgIpc) is 3.03. The van der Waals surface area contributed by atoms with Crippen molar-refractivity contribution in [2.45, 2.75) is 57.0 Å². The summed E-state index contributed by atoms with van der Waals surface area (Å²) >= 11 is 11.4. The van der Waals surface area contributed by atoms with Crippen LogP contribution in [0, 0.1) is 10.1 Å². The lowest BCUT2D eigenvalue weighted by Gasteiger charge is -2.27. The Hall–Kier alpha value is -4.15. The number of aliphatic carboxylic acids is 1. The van der Waals surface area contributed by atoms with Crippen LogP contribution in [-0.4, -0.2) is 46.2 Å². The quantitative estimate of drug-likeness (QED) is 0.0681. The Labute approximate surface area is 267 Å². The summed E-state index contributed by atoms with van der Waals surface area (Å²) in [4.78, 5) is 41.3. The standard InChI is InChI=1S/C33H35ClN4O5S/c34-28-14-10-26(11-15-28)30(22-44)36-31(21-38(42)43)37(29-16-12-25(13-17-29)24-4-2-1-3-5-24)20-23-6-8-27(9-7-23)33(41)35-19-18-32(39)40/h6-17,22,24,30H,1-5,18-21H2,(H,35,41)(H,39,40). The third-order valence-corrected chi connectivity index (χ3v) is 8.18. The SMILES string of the molecule is O=C(O)CCNC(=O)c1ccc(CN(C(C[N+](=O)[O-])=NC(C=S)c2ccc(Cl)cc2)c2ccc(C3CCCCC3)cc2)cc1. The highest BCUT2D eigenvalue weighted by Crippen LogP contribution is 2.34. The summed E-state index contributed by atoms with van der Waals surface area (Å²) < 4.78 is 0. The van der Waals surface area contributed by atoms with E-state index in [1.54, 1.807) is 48.5 Å². The summed E-state index contributed by atoms with van der Waals surface area (Å²) in [5.74, 6) is -0.629. The Kier molecular flexibility index (Phi) is 12.0. The number of carboxylic acids is 1. The van der Waals surface area contributed by atoms with Gasteiger partial charge in [-0.1, -0.05) is 79.5 Å². The maximum atomic E-state index is 12.5. The topological polar surface area (TPSA) is 125 Å². The number of hydrogen-bond acceptors (Lipinski definition) is 6. The van der Waals surface area contributed by atoms with Crippen molar-refractivity contribution in [2.75, 3.05) is 18.0 Å². The molecule has 44 heavy (non-hydrogen) atoms. The molecule has 0 radical (unpaired) electrons. The summed E-state index contributed by atoms with van der Waals surface area (Å²) in [6, 6.07) is 21.4. The Morgan fingerprint density at radius 1 is 1.05 bits per heavy atom. The van der Waals surface area contributed by atoms with E-state index in [0.29, 0.717) is 16.5 Å². The second kappa shape index (κ2) is 16.1. The lowest BCUT2D eigenvalue weighted by molar-refractivity contribution is -0.463. The molecule has 11 heteroatoms. The zero-order valence-corrected chi connectivity index (χ0v) is 25.8. The molecule has 0 bridgehead atoms. The number of anilines is 1. The molecule has 1 aliphatic carbocycles. The molecule has 9 nitrogen and oxygen atoms in total. The Morgan fingerprint density at radius 3 is 2.30 bits per heavy atom. The number of amides is 1. The lowest BCUT2D eigenvalue weighted by Crippen LogP contribution is -2.36. The molecular weight excluding hydrogens is 600 g/mol. The molecule has 0 spiro atoms. The van der Waals surface area contributed by atoms with Crippen molar-refractivity contribution in [3.05, 3.63) is 110 Å². The smallest absolute Gasteiger partial charge is 0.305 e. The minimum atomic E-state index is -0.994. The van der Waals surface area contributed by atoms with Gasteiger partial charge in [0.1, 0.15) is 6.04 Å². The minimum Gasteiger partial charge on any atom is -0.481 e. The summed E-state index contributed by atoms with van der Waals surface area (Å²) in [6.45, 7) is -0.251. The third-order valence-electron chi connectivity index (χ3n) is 7.67. The molecule has 1 amide bonds. The van der Waals surface area contributed by atoms with E-state index in [1.165, 1.54) is 30.2 Å². The minimum absolute atomic E-state index is 0.0237. The van der Waals surface area contributed by atoms with E-state index in [1.807, 2.05) is 17.0 Å². The fraction of sp³-hybridized carbons (Fsp3) is 0.333. The highest BCUT2D eigenvalue weighted by molar-refractivity contribution is 7.79. The number of nitro groups is 1. The third kappa shape index (κ3) is 9.42. The zero-order valence-electron chi connectivity index (χ0n) is 24.2. The van der Waals surface area contributed by atoms with E-state index < -0.39 is 23.5 Å². The fourth-order valence-corrected chi connectivity index (χ4v) is 5.68. The second-order valence-electron chi connectivity index (χ2n) is 10.8. The molecule has 0 aliphatic heterocycles. The number of nitrogens with zero attached hydrogens (tertiary/aromatic N) is 3. The van der Waals surface area contributed by atoms with Gasteiger partial charge in [-0.2, -0.15) is 0 Å². The average molecular weight is 635 g/mol. The largest absolute Gasteiger partial charge is 0.481 e. The van der Waals surface area contributed by atoms with Crippen LogP contribution in [0.25, 0.3) is 0 Å². The molecule has 1 fully saturated rings. The van der Waals surface area contributed by atoms with Crippen molar-refractivity contribution in [2.24, 2.45) is 4.99 Å². The van der Waals surface area contributed by atoms with E-state index in [0.717, 1.165) is 29.7 Å². The summed E-state index contributed by atoms with van der Waals surface area (Å²) in [6.07, 6.45) is 5.84. The van der Waals surface area contributed by atoms with Gasteiger partial charge in [0.05, 0.1) is 6.42 Å². The van der Waals surface area contributed by atoms with Crippen LogP contribution in [0.5, 0.6) is 0 Å². The van der Waals surface area contributed by atoms with Crippen LogP contribution in [0.4, 0.5) is 5.69 Å². The van der Waals surface area contributed by atoms with Crippen LogP contribution >= 0.6 is 23.8 Å². The van der Waals surface area contributed by atoms with Gasteiger partial charge in [0, 0.05) is 39.7 Å². The number of carboxylic acid groups (broad SMARTS) is 1. The number of rotatable bonds is 13. The zero-order chi connectivity index (χ0) is 31.5. The predicted octanol–water partition coefficient (Wildman–Crippen LogP) is 7.02. The van der Waals surface area contributed by atoms with Gasteiger partial charge < -0.3 is 15.3 Å². The molecule has 0 heterocycles. The fourth-order valence-electron chi connectivity index (χ4n) is 5.34. The second-order valence-corrected chi connectivity index (χ2v) is 11.5. The van der Waals surface area contributed by atoms with E-state index >= 15 is 0 Å². The summed E-state index contributed by atoms with van der Waals surface area (Å²) in [7, 11) is 0. The Balaban J connectivity index is 1.67. The number of benzene rings is 3. The molecule has 2 N–H and O–H groups in total. The monoisotopic (exact) mass is 634 g/mol. The van der Waals surface area contributed by atoms with E-state index in [-0.39, 0.29) is 31.3 Å². The maximum absolute atomic E-state index is 12.5. The van der Waals surface area contributed by atoms with Gasteiger partial charge in [-0.05, 0) is 71.8 Å². The Morgan fingerprint density at radius 2 is 1.70 bits per heavy atom. The molecule has 3 aromatic rings. The molecule has 3 aromatic carbocycles. The molecule has 1 atom stereocenters. The molecular formula is C33H35ClN4O5S. The van der Waals surface area contributed by atoms with Crippen molar-refractivity contribution in [1.29, 1.82) is 0 Å². The van der Waals surface area contributed by atoms with Crippen LogP contribution in [0.3, 0.4) is 0 Å². The first-order valence-corrected chi connectivity index (χ1v) is 15.4. The molecule has 4 rings (SSSR count). The number of halogens is 1.